The van der Waals surface area contributed by atoms with Gasteiger partial charge in [0, 0.05) is 5.92 Å². The van der Waals surface area contributed by atoms with Gasteiger partial charge in [-0.1, -0.05) is 12.1 Å². The lowest BCUT2D eigenvalue weighted by atomic mass is 9.61. The van der Waals surface area contributed by atoms with E-state index >= 15 is 0 Å². The van der Waals surface area contributed by atoms with E-state index in [0.29, 0.717) is 22.1 Å². The third-order valence-corrected chi connectivity index (χ3v) is 6.80. The molecule has 0 heterocycles. The Morgan fingerprint density at radius 1 is 1.09 bits per heavy atom. The molecule has 4 rings (SSSR count). The third kappa shape index (κ3) is 2.90. The van der Waals surface area contributed by atoms with E-state index in [1.807, 2.05) is 0 Å². The van der Waals surface area contributed by atoms with E-state index in [1.165, 1.54) is 6.92 Å². The van der Waals surface area contributed by atoms with Crippen molar-refractivity contribution in [3.63, 3.8) is 0 Å². The lowest BCUT2D eigenvalue weighted by Gasteiger charge is -2.45. The van der Waals surface area contributed by atoms with Crippen LogP contribution in [-0.2, 0) is 11.2 Å². The van der Waals surface area contributed by atoms with Crippen molar-refractivity contribution in [3.8, 4) is 11.5 Å². The van der Waals surface area contributed by atoms with Crippen LogP contribution in [0.3, 0.4) is 0 Å². The number of carbonyl (C=O) groups excluding carboxylic acids is 2. The number of phenolic OH excluding ortho intramolecular Hbond substituents is 2. The second-order valence-corrected chi connectivity index (χ2v) is 8.71. The molecule has 0 saturated carbocycles. The number of ketones is 2. The van der Waals surface area contributed by atoms with Gasteiger partial charge in [-0.2, -0.15) is 5.10 Å². The summed E-state index contributed by atoms with van der Waals surface area (Å²) in [5, 5.41) is 51.9. The van der Waals surface area contributed by atoms with Gasteiger partial charge in [-0.15, -0.1) is 5.10 Å². The van der Waals surface area contributed by atoms with Crippen LogP contribution in [0.15, 0.2) is 33.7 Å². The fraction of sp³-hybridized carbons (Fsp3) is 0.304. The van der Waals surface area contributed by atoms with Crippen LogP contribution in [0, 0.1) is 19.8 Å². The maximum atomic E-state index is 13.7. The van der Waals surface area contributed by atoms with Gasteiger partial charge in [0.1, 0.15) is 17.3 Å². The molecule has 0 amide bonds. The molecule has 11 heteroatoms. The number of Topliss-reactive ketones (excluding diaryl/α,β-unsaturated/α-hetero) is 2. The van der Waals surface area contributed by atoms with Crippen LogP contribution in [0.5, 0.6) is 11.5 Å². The number of phenols is 2. The summed E-state index contributed by atoms with van der Waals surface area (Å²) >= 11 is 0. The Bertz CT molecular complexity index is 1390. The van der Waals surface area contributed by atoms with Crippen molar-refractivity contribution >= 4 is 34.0 Å². The number of fused-ring (bicyclic) bond motifs is 3. The van der Waals surface area contributed by atoms with Gasteiger partial charge in [0.2, 0.25) is 11.7 Å². The van der Waals surface area contributed by atoms with Crippen LogP contribution in [0.2, 0.25) is 0 Å². The molecular weight excluding hydrogens is 442 g/mol. The Morgan fingerprint density at radius 3 is 2.35 bits per heavy atom. The highest BCUT2D eigenvalue weighted by Crippen LogP contribution is 2.50. The van der Waals surface area contributed by atoms with E-state index in [4.69, 9.17) is 17.2 Å². The molecule has 2 aliphatic carbocycles. The number of aliphatic hydroxyl groups excluding tert-OH is 1. The SMILES string of the molecule is C/C(=N\N=C(N)N)C1=C(O)[C@@]2(O)C(=O)c3c(c(C)c4ccc(C)c(O)c4c3O)C[C@H]2[C@@H](N)C1=O. The van der Waals surface area contributed by atoms with Crippen molar-refractivity contribution in [3.05, 3.63) is 45.7 Å². The average Bonchev–Trinajstić information content (AvgIpc) is 2.78. The summed E-state index contributed by atoms with van der Waals surface area (Å²) in [5.41, 5.74) is 14.6. The van der Waals surface area contributed by atoms with Crippen molar-refractivity contribution in [1.82, 2.24) is 0 Å². The smallest absolute Gasteiger partial charge is 0.211 e. The van der Waals surface area contributed by atoms with Crippen LogP contribution in [-0.4, -0.2) is 55.3 Å². The number of hydrogen-bond donors (Lipinski definition) is 7. The summed E-state index contributed by atoms with van der Waals surface area (Å²) in [7, 11) is 0. The highest BCUT2D eigenvalue weighted by Gasteiger charge is 2.60. The molecule has 2 aliphatic rings. The highest BCUT2D eigenvalue weighted by atomic mass is 16.3. The molecule has 178 valence electrons. The van der Waals surface area contributed by atoms with Gasteiger partial charge in [0.15, 0.2) is 11.4 Å². The summed E-state index contributed by atoms with van der Waals surface area (Å²) in [5.74, 6) is -5.10. The molecule has 3 atom stereocenters. The van der Waals surface area contributed by atoms with Gasteiger partial charge in [0.25, 0.3) is 0 Å². The second-order valence-electron chi connectivity index (χ2n) is 8.71. The topological polar surface area (TPSA) is 218 Å². The van der Waals surface area contributed by atoms with E-state index in [1.54, 1.807) is 26.0 Å². The monoisotopic (exact) mass is 467 g/mol. The lowest BCUT2D eigenvalue weighted by molar-refractivity contribution is -0.122. The van der Waals surface area contributed by atoms with E-state index in [-0.39, 0.29) is 28.8 Å². The van der Waals surface area contributed by atoms with E-state index in [9.17, 15) is 30.0 Å². The van der Waals surface area contributed by atoms with Crippen molar-refractivity contribution in [2.75, 3.05) is 0 Å². The number of aryl methyl sites for hydroxylation is 2. The molecule has 2 aromatic rings. The standard InChI is InChI=1S/C23H25N5O6/c1-7-4-5-10-8(2)11-6-12-16(24)19(31)13(9(3)27-28-22(25)26)20(32)23(12,34)21(33)15(11)18(30)14(10)17(7)29/h4-5,12,16,29-30,32,34H,6,24H2,1-3H3,(H4,25,26,28)/b27-9+/t12-,16+,23+/m0/s1. The maximum absolute atomic E-state index is 13.7. The molecule has 0 aromatic heterocycles. The molecule has 0 fully saturated rings. The predicted molar refractivity (Wildman–Crippen MR) is 125 cm³/mol. The molecule has 0 spiro atoms. The molecule has 2 aromatic carbocycles. The fourth-order valence-electron chi connectivity index (χ4n) is 4.95. The van der Waals surface area contributed by atoms with Gasteiger partial charge in [-0.05, 0) is 49.3 Å². The van der Waals surface area contributed by atoms with Gasteiger partial charge < -0.3 is 37.6 Å². The molecule has 11 nitrogen and oxygen atoms in total. The Hall–Kier alpha value is -3.96. The Kier molecular flexibility index (Phi) is 5.14. The number of aliphatic hydroxyl groups is 2. The molecular formula is C23H25N5O6. The molecule has 34 heavy (non-hydrogen) atoms. The second kappa shape index (κ2) is 7.54. The minimum atomic E-state index is -2.62. The highest BCUT2D eigenvalue weighted by molar-refractivity contribution is 6.26. The Morgan fingerprint density at radius 2 is 1.74 bits per heavy atom. The first-order chi connectivity index (χ1) is 15.8. The molecule has 0 saturated heterocycles. The van der Waals surface area contributed by atoms with E-state index in [0.717, 1.165) is 0 Å². The minimum absolute atomic E-state index is 0.0528. The Labute approximate surface area is 193 Å². The largest absolute Gasteiger partial charge is 0.508 e. The van der Waals surface area contributed by atoms with Crippen molar-refractivity contribution in [1.29, 1.82) is 0 Å². The lowest BCUT2D eigenvalue weighted by Crippen LogP contribution is -2.63. The first kappa shape index (κ1) is 23.2. The number of carbonyl (C=O) groups is 2. The summed E-state index contributed by atoms with van der Waals surface area (Å²) in [6.45, 7) is 4.65. The fourth-order valence-corrected chi connectivity index (χ4v) is 4.95. The summed E-state index contributed by atoms with van der Waals surface area (Å²) < 4.78 is 0. The average molecular weight is 467 g/mol. The van der Waals surface area contributed by atoms with Crippen LogP contribution < -0.4 is 17.2 Å². The molecule has 0 bridgehead atoms. The number of nitrogens with two attached hydrogens (primary N) is 3. The molecule has 0 aliphatic heterocycles. The van der Waals surface area contributed by atoms with Crippen molar-refractivity contribution in [2.24, 2.45) is 33.3 Å². The summed E-state index contributed by atoms with van der Waals surface area (Å²) in [6.07, 6.45) is -0.0874. The number of rotatable bonds is 2. The number of nitrogens with zero attached hydrogens (tertiary/aromatic N) is 2. The van der Waals surface area contributed by atoms with Crippen LogP contribution >= 0.6 is 0 Å². The maximum Gasteiger partial charge on any atom is 0.211 e. The normalized spacial score (nSPS) is 24.8. The summed E-state index contributed by atoms with van der Waals surface area (Å²) in [4.78, 5) is 26.8. The van der Waals surface area contributed by atoms with Gasteiger partial charge in [-0.25, -0.2) is 0 Å². The van der Waals surface area contributed by atoms with Crippen molar-refractivity contribution in [2.45, 2.75) is 38.8 Å². The minimum Gasteiger partial charge on any atom is -0.508 e. The Balaban J connectivity index is 2.04. The van der Waals surface area contributed by atoms with Crippen LogP contribution in [0.25, 0.3) is 10.8 Å². The van der Waals surface area contributed by atoms with Crippen LogP contribution in [0.4, 0.5) is 0 Å². The number of aromatic hydroxyl groups is 2. The first-order valence-electron chi connectivity index (χ1n) is 10.4. The predicted octanol–water partition coefficient (Wildman–Crippen LogP) is 0.325. The zero-order valence-electron chi connectivity index (χ0n) is 18.7. The van der Waals surface area contributed by atoms with Gasteiger partial charge in [-0.3, -0.25) is 9.59 Å². The molecule has 0 radical (unpaired) electrons. The van der Waals surface area contributed by atoms with Gasteiger partial charge in [0.05, 0.1) is 28.3 Å². The molecule has 0 unspecified atom stereocenters. The van der Waals surface area contributed by atoms with Gasteiger partial charge >= 0.3 is 0 Å². The third-order valence-electron chi connectivity index (χ3n) is 6.80. The quantitative estimate of drug-likeness (QED) is 0.183. The van der Waals surface area contributed by atoms with E-state index in [2.05, 4.69) is 10.2 Å². The zero-order chi connectivity index (χ0) is 25.3. The van der Waals surface area contributed by atoms with Crippen LogP contribution in [0.1, 0.15) is 34.0 Å². The number of benzene rings is 2. The van der Waals surface area contributed by atoms with E-state index < -0.39 is 52.2 Å². The summed E-state index contributed by atoms with van der Waals surface area (Å²) in [6, 6.07) is 2.00. The molecule has 10 N–H and O–H groups in total. The van der Waals surface area contributed by atoms with Crippen molar-refractivity contribution < 1.29 is 30.0 Å². The number of guanidine groups is 1. The number of hydrogen-bond acceptors (Lipinski definition) is 9. The first-order valence-corrected chi connectivity index (χ1v) is 10.4. The zero-order valence-corrected chi connectivity index (χ0v) is 18.7.